The Labute approximate surface area is 188 Å². The number of aromatic hydroxyl groups is 2. The normalized spacial score (nSPS) is 12.7. The predicted octanol–water partition coefficient (Wildman–Crippen LogP) is 6.08. The summed E-state index contributed by atoms with van der Waals surface area (Å²) in [6.45, 7) is 0. The lowest BCUT2D eigenvalue weighted by atomic mass is 9.73. The number of ether oxygens (including phenoxy) is 2. The van der Waals surface area contributed by atoms with E-state index in [1.165, 1.54) is 0 Å². The van der Waals surface area contributed by atoms with Crippen molar-refractivity contribution in [2.75, 3.05) is 14.2 Å². The van der Waals surface area contributed by atoms with Gasteiger partial charge in [-0.2, -0.15) is 0 Å². The summed E-state index contributed by atoms with van der Waals surface area (Å²) < 4.78 is 10.7. The third-order valence-electron chi connectivity index (χ3n) is 5.79. The van der Waals surface area contributed by atoms with Crippen LogP contribution in [0.5, 0.6) is 23.0 Å². The van der Waals surface area contributed by atoms with Crippen LogP contribution in [-0.4, -0.2) is 24.4 Å². The summed E-state index contributed by atoms with van der Waals surface area (Å²) >= 11 is 0. The number of phenolic OH excluding ortho intramolecular Hbond substituents is 2. The Morgan fingerprint density at radius 3 is 0.938 bits per heavy atom. The second-order valence-electron chi connectivity index (χ2n) is 7.68. The van der Waals surface area contributed by atoms with Gasteiger partial charge in [-0.25, -0.2) is 0 Å². The van der Waals surface area contributed by atoms with Gasteiger partial charge in [0.25, 0.3) is 0 Å². The molecular formula is C28H26O4. The molecule has 0 spiro atoms. The standard InChI is InChI=1S/C28H26O4/c1-31-25-15-7-21(8-16-25)27(19-3-11-23(29)12-4-19)28(20-5-13-24(30)14-6-20)22-9-17-26(32-2)18-10-22/h3-18,27-30H,1-2H3. The number of rotatable bonds is 7. The van der Waals surface area contributed by atoms with Crippen LogP contribution in [0.15, 0.2) is 97.1 Å². The van der Waals surface area contributed by atoms with Crippen LogP contribution in [0.4, 0.5) is 0 Å². The molecular weight excluding hydrogens is 400 g/mol. The van der Waals surface area contributed by atoms with Crippen LogP contribution in [0.3, 0.4) is 0 Å². The van der Waals surface area contributed by atoms with Gasteiger partial charge < -0.3 is 19.7 Å². The van der Waals surface area contributed by atoms with Gasteiger partial charge in [-0.3, -0.25) is 0 Å². The number of benzene rings is 4. The maximum atomic E-state index is 9.88. The number of hydrogen-bond donors (Lipinski definition) is 2. The van der Waals surface area contributed by atoms with E-state index in [0.717, 1.165) is 33.8 Å². The van der Waals surface area contributed by atoms with E-state index in [0.29, 0.717) is 0 Å². The van der Waals surface area contributed by atoms with Crippen molar-refractivity contribution in [3.63, 3.8) is 0 Å². The summed E-state index contributed by atoms with van der Waals surface area (Å²) in [6.07, 6.45) is 0. The van der Waals surface area contributed by atoms with E-state index < -0.39 is 0 Å². The molecule has 0 heterocycles. The van der Waals surface area contributed by atoms with Crippen molar-refractivity contribution >= 4 is 0 Å². The van der Waals surface area contributed by atoms with Crippen LogP contribution in [0, 0.1) is 0 Å². The number of methoxy groups -OCH3 is 2. The van der Waals surface area contributed by atoms with Crippen molar-refractivity contribution in [2.24, 2.45) is 0 Å². The molecule has 2 unspecified atom stereocenters. The highest BCUT2D eigenvalue weighted by atomic mass is 16.5. The summed E-state index contributed by atoms with van der Waals surface area (Å²) in [6, 6.07) is 30.9. The third kappa shape index (κ3) is 4.54. The lowest BCUT2D eigenvalue weighted by Crippen LogP contribution is -2.15. The van der Waals surface area contributed by atoms with Crippen molar-refractivity contribution in [2.45, 2.75) is 11.8 Å². The minimum absolute atomic E-state index is 0.0422. The Balaban J connectivity index is 1.91. The van der Waals surface area contributed by atoms with Crippen LogP contribution >= 0.6 is 0 Å². The van der Waals surface area contributed by atoms with Gasteiger partial charge in [0, 0.05) is 11.8 Å². The summed E-state index contributed by atoms with van der Waals surface area (Å²) in [5.74, 6) is 1.97. The Bertz CT molecular complexity index is 1040. The maximum absolute atomic E-state index is 9.88. The Kier molecular flexibility index (Phi) is 6.31. The van der Waals surface area contributed by atoms with E-state index in [4.69, 9.17) is 9.47 Å². The minimum Gasteiger partial charge on any atom is -0.508 e. The Morgan fingerprint density at radius 2 is 0.688 bits per heavy atom. The molecule has 0 aromatic heterocycles. The average molecular weight is 427 g/mol. The van der Waals surface area contributed by atoms with Crippen molar-refractivity contribution in [3.8, 4) is 23.0 Å². The maximum Gasteiger partial charge on any atom is 0.118 e. The van der Waals surface area contributed by atoms with Crippen molar-refractivity contribution in [1.82, 2.24) is 0 Å². The van der Waals surface area contributed by atoms with Gasteiger partial charge in [0.2, 0.25) is 0 Å². The van der Waals surface area contributed by atoms with Crippen LogP contribution < -0.4 is 9.47 Å². The van der Waals surface area contributed by atoms with E-state index >= 15 is 0 Å². The van der Waals surface area contributed by atoms with Gasteiger partial charge in [0.05, 0.1) is 14.2 Å². The summed E-state index contributed by atoms with van der Waals surface area (Å²) in [5.41, 5.74) is 4.37. The highest BCUT2D eigenvalue weighted by Crippen LogP contribution is 2.44. The van der Waals surface area contributed by atoms with E-state index in [1.54, 1.807) is 38.5 Å². The van der Waals surface area contributed by atoms with Crippen LogP contribution in [-0.2, 0) is 0 Å². The molecule has 0 saturated carbocycles. The number of hydrogen-bond acceptors (Lipinski definition) is 4. The fourth-order valence-electron chi connectivity index (χ4n) is 4.14. The molecule has 4 nitrogen and oxygen atoms in total. The summed E-state index contributed by atoms with van der Waals surface area (Å²) in [5, 5.41) is 19.8. The van der Waals surface area contributed by atoms with Crippen LogP contribution in [0.1, 0.15) is 34.1 Å². The third-order valence-corrected chi connectivity index (χ3v) is 5.79. The topological polar surface area (TPSA) is 58.9 Å². The molecule has 0 aliphatic carbocycles. The first kappa shape index (κ1) is 21.3. The highest BCUT2D eigenvalue weighted by Gasteiger charge is 2.28. The Hall–Kier alpha value is -3.92. The lowest BCUT2D eigenvalue weighted by molar-refractivity contribution is 0.414. The highest BCUT2D eigenvalue weighted by molar-refractivity contribution is 5.48. The van der Waals surface area contributed by atoms with Crippen molar-refractivity contribution in [1.29, 1.82) is 0 Å². The molecule has 162 valence electrons. The molecule has 0 aliphatic rings. The smallest absolute Gasteiger partial charge is 0.118 e. The molecule has 0 amide bonds. The summed E-state index contributed by atoms with van der Waals surface area (Å²) in [7, 11) is 3.31. The van der Waals surface area contributed by atoms with Gasteiger partial charge in [-0.15, -0.1) is 0 Å². The molecule has 2 N–H and O–H groups in total. The first-order valence-electron chi connectivity index (χ1n) is 10.4. The second kappa shape index (κ2) is 9.48. The predicted molar refractivity (Wildman–Crippen MR) is 126 cm³/mol. The molecule has 0 bridgehead atoms. The fourth-order valence-corrected chi connectivity index (χ4v) is 4.14. The zero-order valence-corrected chi connectivity index (χ0v) is 18.1. The number of phenols is 2. The molecule has 4 heteroatoms. The van der Waals surface area contributed by atoms with E-state index in [9.17, 15) is 10.2 Å². The van der Waals surface area contributed by atoms with Gasteiger partial charge in [0.1, 0.15) is 23.0 Å². The second-order valence-corrected chi connectivity index (χ2v) is 7.68. The van der Waals surface area contributed by atoms with Gasteiger partial charge in [-0.05, 0) is 70.8 Å². The fraction of sp³-hybridized carbons (Fsp3) is 0.143. The van der Waals surface area contributed by atoms with Gasteiger partial charge in [-0.1, -0.05) is 48.5 Å². The first-order chi connectivity index (χ1) is 15.6. The molecule has 0 saturated heterocycles. The molecule has 0 radical (unpaired) electrons. The SMILES string of the molecule is COc1ccc(C(c2ccc(O)cc2)C(c2ccc(O)cc2)c2ccc(OC)cc2)cc1. The van der Waals surface area contributed by atoms with Crippen molar-refractivity contribution < 1.29 is 19.7 Å². The quantitative estimate of drug-likeness (QED) is 0.376. The molecule has 0 fully saturated rings. The molecule has 0 aliphatic heterocycles. The monoisotopic (exact) mass is 426 g/mol. The molecule has 4 rings (SSSR count). The van der Waals surface area contributed by atoms with Gasteiger partial charge in [0.15, 0.2) is 0 Å². The van der Waals surface area contributed by atoms with E-state index in [-0.39, 0.29) is 23.3 Å². The van der Waals surface area contributed by atoms with E-state index in [1.807, 2.05) is 48.5 Å². The van der Waals surface area contributed by atoms with Crippen molar-refractivity contribution in [3.05, 3.63) is 119 Å². The first-order valence-corrected chi connectivity index (χ1v) is 10.4. The zero-order valence-electron chi connectivity index (χ0n) is 18.1. The minimum atomic E-state index is -0.0422. The zero-order chi connectivity index (χ0) is 22.5. The van der Waals surface area contributed by atoms with Crippen LogP contribution in [0.25, 0.3) is 0 Å². The molecule has 4 aromatic rings. The van der Waals surface area contributed by atoms with Crippen LogP contribution in [0.2, 0.25) is 0 Å². The largest absolute Gasteiger partial charge is 0.508 e. The lowest BCUT2D eigenvalue weighted by Gasteiger charge is -2.30. The molecule has 32 heavy (non-hydrogen) atoms. The van der Waals surface area contributed by atoms with Gasteiger partial charge >= 0.3 is 0 Å². The average Bonchev–Trinajstić information content (AvgIpc) is 2.84. The Morgan fingerprint density at radius 1 is 0.438 bits per heavy atom. The molecule has 4 aromatic carbocycles. The van der Waals surface area contributed by atoms with E-state index in [2.05, 4.69) is 24.3 Å². The molecule has 2 atom stereocenters. The summed E-state index contributed by atoms with van der Waals surface area (Å²) in [4.78, 5) is 0.